The number of hydrogen-bond acceptors (Lipinski definition) is 18. The molecule has 2 aliphatic carbocycles. The van der Waals surface area contributed by atoms with Gasteiger partial charge in [0.05, 0.1) is 65.2 Å². The van der Waals surface area contributed by atoms with E-state index < -0.39 is 140 Å². The van der Waals surface area contributed by atoms with Crippen LogP contribution in [0.1, 0.15) is 127 Å². The summed E-state index contributed by atoms with van der Waals surface area (Å²) in [5.74, 6) is -13.0. The maximum Gasteiger partial charge on any atom is 0.341 e. The van der Waals surface area contributed by atoms with E-state index >= 15 is 9.18 Å². The number of aliphatic hydroxyl groups is 2. The number of ketones is 3. The quantitative estimate of drug-likeness (QED) is 0.155. The monoisotopic (exact) mass is 1140 g/mol. The Balaban J connectivity index is 1.02. The first-order valence-electron chi connectivity index (χ1n) is 27.3. The molecule has 6 N–H and O–H groups in total. The molecule has 2 aromatic carbocycles. The second-order valence-electron chi connectivity index (χ2n) is 22.4. The van der Waals surface area contributed by atoms with Crippen LogP contribution in [0.2, 0.25) is 0 Å². The maximum atomic E-state index is 16.3. The van der Waals surface area contributed by atoms with Crippen molar-refractivity contribution in [3.05, 3.63) is 104 Å². The van der Waals surface area contributed by atoms with Gasteiger partial charge in [-0.1, -0.05) is 39.0 Å². The number of rotatable bonds is 9. The third kappa shape index (κ3) is 10.6. The van der Waals surface area contributed by atoms with Crippen LogP contribution in [0.3, 0.4) is 0 Å². The summed E-state index contributed by atoms with van der Waals surface area (Å²) in [6.07, 6.45) is 6.64. The van der Waals surface area contributed by atoms with Crippen LogP contribution in [-0.4, -0.2) is 148 Å². The van der Waals surface area contributed by atoms with Crippen molar-refractivity contribution in [2.75, 3.05) is 45.3 Å². The Morgan fingerprint density at radius 1 is 0.915 bits per heavy atom. The average Bonchev–Trinajstić information content (AvgIpc) is 4.38. The van der Waals surface area contributed by atoms with Crippen molar-refractivity contribution in [1.82, 2.24) is 20.1 Å². The number of carbonyl (C=O) groups is 7. The number of hydrogen-bond donors (Lipinski definition) is 6. The van der Waals surface area contributed by atoms with E-state index in [0.29, 0.717) is 19.4 Å². The van der Waals surface area contributed by atoms with Gasteiger partial charge in [0.15, 0.2) is 11.6 Å². The van der Waals surface area contributed by atoms with Gasteiger partial charge in [-0.05, 0) is 51.7 Å². The van der Waals surface area contributed by atoms with E-state index in [4.69, 9.17) is 23.7 Å². The van der Waals surface area contributed by atoms with Gasteiger partial charge in [0.25, 0.3) is 11.7 Å². The first-order chi connectivity index (χ1) is 38.8. The number of phenolic OH excluding ortho intramolecular Hbond substituents is 1. The first kappa shape index (κ1) is 58.8. The fraction of sp³-hybridized carbons (Fsp3) is 0.492. The second kappa shape index (κ2) is 22.8. The van der Waals surface area contributed by atoms with E-state index in [1.54, 1.807) is 36.3 Å². The van der Waals surface area contributed by atoms with Gasteiger partial charge in [-0.3, -0.25) is 33.6 Å². The zero-order chi connectivity index (χ0) is 59.5. The van der Waals surface area contributed by atoms with Gasteiger partial charge in [-0.2, -0.15) is 0 Å². The number of carboxylic acid groups (broad SMARTS) is 1. The topological polar surface area (TPSA) is 299 Å². The number of amides is 2. The molecule has 5 aliphatic heterocycles. The zero-order valence-corrected chi connectivity index (χ0v) is 47.0. The summed E-state index contributed by atoms with van der Waals surface area (Å²) in [6, 6.07) is 0.369. The summed E-state index contributed by atoms with van der Waals surface area (Å²) < 4.78 is 47.2. The minimum Gasteiger partial charge on any atom is -0.507 e. The van der Waals surface area contributed by atoms with Crippen LogP contribution in [0.4, 0.5) is 10.1 Å². The molecule has 3 fully saturated rings. The normalized spacial score (nSPS) is 28.8. The summed E-state index contributed by atoms with van der Waals surface area (Å²) in [7, 11) is 2.72. The molecule has 1 aromatic heterocycles. The average molecular weight is 1140 g/mol. The van der Waals surface area contributed by atoms with Crippen molar-refractivity contribution in [2.45, 2.75) is 123 Å². The summed E-state index contributed by atoms with van der Waals surface area (Å²) in [6.45, 7) is 10.5. The number of phenols is 1. The Morgan fingerprint density at radius 2 is 1.62 bits per heavy atom. The molecule has 7 aliphatic rings. The number of aromatic nitrogens is 1. The predicted molar refractivity (Wildman–Crippen MR) is 292 cm³/mol. The maximum absolute atomic E-state index is 16.3. The van der Waals surface area contributed by atoms with Crippen molar-refractivity contribution in [1.29, 1.82) is 0 Å². The molecular formula is C59H68FN5O17. The van der Waals surface area contributed by atoms with E-state index in [2.05, 4.69) is 10.6 Å². The molecule has 1 saturated carbocycles. The molecule has 10 rings (SSSR count). The fourth-order valence-corrected chi connectivity index (χ4v) is 11.7. The number of piperidine rings is 1. The Labute approximate surface area is 471 Å². The van der Waals surface area contributed by atoms with Crippen LogP contribution in [-0.2, 0) is 28.6 Å². The Kier molecular flexibility index (Phi) is 16.3. The van der Waals surface area contributed by atoms with Crippen molar-refractivity contribution < 1.29 is 82.1 Å². The van der Waals surface area contributed by atoms with Crippen LogP contribution in [0.15, 0.2) is 64.6 Å². The van der Waals surface area contributed by atoms with E-state index in [-0.39, 0.29) is 82.6 Å². The van der Waals surface area contributed by atoms with Crippen molar-refractivity contribution >= 4 is 57.7 Å². The lowest BCUT2D eigenvalue weighted by atomic mass is 9.81. The van der Waals surface area contributed by atoms with Crippen LogP contribution in [0.25, 0.3) is 10.9 Å². The number of likely N-dealkylation sites (tertiary alicyclic amines) is 1. The van der Waals surface area contributed by atoms with Gasteiger partial charge >= 0.3 is 17.7 Å². The standard InChI is InChI=1S/C59H68FN5O17/c1-26-12-10-13-27(2)56(74)62-43-46(64-22-32(23-64)57(75)61-33-14-11-18-63(24-33)45-38(60)21-36-44(54(45)79-9)65(34-15-16-34)25-37(50(36)70)58(76)77)52(72)40-41(51(43)71)49(69)30(5)53-42(40)55(73)59(7,82-53)80-19-17-35(78-8)20-39(81-31(6)66)28(3)48(68)29(4)47(26)67/h10,12-13,17,19,21,25-26,28-29,32-35,39,47-48,67-69H,11,14-16,18,20,22-24H2,1-9H3,(H,61,75)(H,62,74)(H,76,77)/b12-10+,19-17+,27-13-/t26-,28-,29+,33?,35-,39+,47-,48-,59-/m0/s1. The molecule has 23 heteroatoms. The highest BCUT2D eigenvalue weighted by Crippen LogP contribution is 2.50. The Hall–Kier alpha value is -7.89. The van der Waals surface area contributed by atoms with E-state index in [1.807, 2.05) is 0 Å². The number of fused-ring (bicyclic) bond motifs is 15. The molecule has 9 atom stereocenters. The molecule has 2 amide bonds. The predicted octanol–water partition coefficient (Wildman–Crippen LogP) is 4.92. The van der Waals surface area contributed by atoms with Crippen molar-refractivity contribution in [3.8, 4) is 17.2 Å². The molecule has 2 saturated heterocycles. The summed E-state index contributed by atoms with van der Waals surface area (Å²) >= 11 is 0. The first-order valence-corrected chi connectivity index (χ1v) is 27.3. The molecule has 0 radical (unpaired) electrons. The number of Topliss-reactive ketones (excluding diaryl/α,β-unsaturated/α-hetero) is 3. The Bertz CT molecular complexity index is 3390. The number of nitrogens with one attached hydrogen (secondary N) is 2. The number of aromatic hydroxyl groups is 1. The van der Waals surface area contributed by atoms with Gasteiger partial charge in [0.2, 0.25) is 22.9 Å². The SMILES string of the molecule is COc1c(N2CCCC(NC(=O)C3CN(C4=C5NC(=O)/C(C)=C\C=C\[C@H](C)[C@H](O)[C@@H](C)[C@@H](O)[C@@H](C)[C@H](OC(C)=O)C[C@@H](OC)/C=C/O[C@@]6(C)Oc7c(C)c(O)c(c(c7C6=O)C4=O)C5=O)C3)C2)c(F)cc2c(=O)c(C(=O)O)cn(C3CC3)c12. The fourth-order valence-electron chi connectivity index (χ4n) is 11.7. The van der Waals surface area contributed by atoms with Gasteiger partial charge in [0, 0.05) is 101 Å². The lowest BCUT2D eigenvalue weighted by molar-refractivity contribution is -0.155. The third-order valence-corrected chi connectivity index (χ3v) is 16.7. The summed E-state index contributed by atoms with van der Waals surface area (Å²) in [4.78, 5) is 114. The number of aromatic carboxylic acids is 1. The van der Waals surface area contributed by atoms with E-state index in [1.165, 1.54) is 71.2 Å². The van der Waals surface area contributed by atoms with Crippen LogP contribution in [0.5, 0.6) is 17.2 Å². The number of anilines is 1. The Morgan fingerprint density at radius 3 is 2.27 bits per heavy atom. The van der Waals surface area contributed by atoms with Crippen LogP contribution in [0, 0.1) is 36.4 Å². The smallest absolute Gasteiger partial charge is 0.341 e. The van der Waals surface area contributed by atoms with Gasteiger partial charge < -0.3 is 69.1 Å². The number of esters is 1. The third-order valence-electron chi connectivity index (χ3n) is 16.7. The van der Waals surface area contributed by atoms with Crippen molar-refractivity contribution in [3.63, 3.8) is 0 Å². The van der Waals surface area contributed by atoms with Gasteiger partial charge in [-0.15, -0.1) is 0 Å². The highest BCUT2D eigenvalue weighted by molar-refractivity contribution is 6.32. The number of allylic oxidation sites excluding steroid dienone is 4. The molecule has 82 heavy (non-hydrogen) atoms. The molecule has 6 heterocycles. The number of carbonyl (C=O) groups excluding carboxylic acids is 6. The van der Waals surface area contributed by atoms with Crippen LogP contribution < -0.4 is 30.4 Å². The van der Waals surface area contributed by atoms with Gasteiger partial charge in [-0.25, -0.2) is 9.18 Å². The van der Waals surface area contributed by atoms with Gasteiger partial charge in [0.1, 0.15) is 40.2 Å². The molecule has 22 nitrogen and oxygen atoms in total. The minimum atomic E-state index is -2.19. The number of ether oxygens (including phenoxy) is 5. The van der Waals surface area contributed by atoms with Crippen LogP contribution >= 0.6 is 0 Å². The van der Waals surface area contributed by atoms with Crippen molar-refractivity contribution in [2.24, 2.45) is 23.7 Å². The number of pyridine rings is 1. The molecule has 0 spiro atoms. The lowest BCUT2D eigenvalue weighted by Crippen LogP contribution is -2.58. The zero-order valence-electron chi connectivity index (χ0n) is 47.0. The minimum absolute atomic E-state index is 0.00746. The number of aliphatic hydroxyl groups excluding tert-OH is 2. The van der Waals surface area contributed by atoms with E-state index in [9.17, 15) is 54.0 Å². The molecule has 438 valence electrons. The molecule has 3 aromatic rings. The highest BCUT2D eigenvalue weighted by atomic mass is 19.1. The summed E-state index contributed by atoms with van der Waals surface area (Å²) in [5.41, 5.74) is -3.45. The molecule has 1 unspecified atom stereocenters. The number of carboxylic acids is 1. The number of benzene rings is 2. The highest BCUT2D eigenvalue weighted by Gasteiger charge is 2.54. The number of methoxy groups -OCH3 is 2. The number of nitrogens with zero attached hydrogens (tertiary/aromatic N) is 3. The second-order valence-corrected chi connectivity index (χ2v) is 22.4. The lowest BCUT2D eigenvalue weighted by Gasteiger charge is -2.43. The summed E-state index contributed by atoms with van der Waals surface area (Å²) in [5, 5.41) is 50.0. The molecule has 5 bridgehead atoms. The number of halogens is 1. The van der Waals surface area contributed by atoms with E-state index in [0.717, 1.165) is 25.2 Å². The largest absolute Gasteiger partial charge is 0.507 e. The molecular weight excluding hydrogens is 1070 g/mol.